The number of halogens is 2. The lowest BCUT2D eigenvalue weighted by Crippen LogP contribution is -2.30. The van der Waals surface area contributed by atoms with Gasteiger partial charge in [0.25, 0.3) is 0 Å². The minimum absolute atomic E-state index is 0. The molecule has 0 saturated carbocycles. The molecule has 0 atom stereocenters. The molecule has 0 fully saturated rings. The van der Waals surface area contributed by atoms with Crippen molar-refractivity contribution in [3.63, 3.8) is 0 Å². The Labute approximate surface area is 133 Å². The van der Waals surface area contributed by atoms with Gasteiger partial charge in [0.15, 0.2) is 10.8 Å². The molecule has 0 spiro atoms. The van der Waals surface area contributed by atoms with Crippen LogP contribution in [0.5, 0.6) is 0 Å². The van der Waals surface area contributed by atoms with Gasteiger partial charge in [-0.1, -0.05) is 0 Å². The van der Waals surface area contributed by atoms with Crippen LogP contribution in [0.3, 0.4) is 0 Å². The number of aromatic nitrogens is 1. The maximum absolute atomic E-state index is 11.5. The number of carbonyl (C=O) groups is 1. The maximum atomic E-state index is 11.5. The van der Waals surface area contributed by atoms with Crippen molar-refractivity contribution in [1.29, 1.82) is 0 Å². The Morgan fingerprint density at radius 3 is 2.80 bits per heavy atom. The second kappa shape index (κ2) is 8.97. The molecule has 1 amide bonds. The number of aryl methyl sites for hydroxylation is 1. The molecule has 0 aliphatic carbocycles. The van der Waals surface area contributed by atoms with E-state index in [1.165, 1.54) is 11.3 Å². The standard InChI is InChI=1S/C12H15N3O2S.2ClH/c1-8-2-3-10(17-8)12-15-9(7-18-12)6-11(16)14-5-4-13;;/h2-3,7H,4-6,13H2,1H3,(H,14,16);2*1H. The summed E-state index contributed by atoms with van der Waals surface area (Å²) < 4.78 is 5.48. The summed E-state index contributed by atoms with van der Waals surface area (Å²) in [6, 6.07) is 3.77. The molecule has 0 saturated heterocycles. The summed E-state index contributed by atoms with van der Waals surface area (Å²) in [7, 11) is 0. The Morgan fingerprint density at radius 2 is 2.20 bits per heavy atom. The van der Waals surface area contributed by atoms with Gasteiger partial charge in [-0.05, 0) is 19.1 Å². The molecule has 0 radical (unpaired) electrons. The van der Waals surface area contributed by atoms with Crippen LogP contribution in [0.2, 0.25) is 0 Å². The smallest absolute Gasteiger partial charge is 0.226 e. The van der Waals surface area contributed by atoms with Gasteiger partial charge in [0, 0.05) is 18.5 Å². The number of hydrogen-bond donors (Lipinski definition) is 2. The van der Waals surface area contributed by atoms with Crippen LogP contribution in [0.4, 0.5) is 0 Å². The highest BCUT2D eigenvalue weighted by atomic mass is 35.5. The first-order valence-corrected chi connectivity index (χ1v) is 6.55. The van der Waals surface area contributed by atoms with E-state index in [0.29, 0.717) is 13.1 Å². The normalized spacial score (nSPS) is 9.50. The van der Waals surface area contributed by atoms with Crippen LogP contribution in [0.25, 0.3) is 10.8 Å². The molecule has 3 N–H and O–H groups in total. The minimum Gasteiger partial charge on any atom is -0.459 e. The zero-order valence-electron chi connectivity index (χ0n) is 10.9. The number of amides is 1. The minimum atomic E-state index is -0.0621. The lowest BCUT2D eigenvalue weighted by molar-refractivity contribution is -0.120. The number of hydrogen-bond acceptors (Lipinski definition) is 5. The SMILES string of the molecule is Cc1ccc(-c2nc(CC(=O)NCCN)cs2)o1.Cl.Cl. The fraction of sp³-hybridized carbons (Fsp3) is 0.333. The number of nitrogens with one attached hydrogen (secondary N) is 1. The van der Waals surface area contributed by atoms with Crippen LogP contribution in [0, 0.1) is 6.92 Å². The van der Waals surface area contributed by atoms with Crippen LogP contribution >= 0.6 is 36.2 Å². The fourth-order valence-electron chi connectivity index (χ4n) is 1.49. The Balaban J connectivity index is 0.00000180. The first-order valence-electron chi connectivity index (χ1n) is 5.67. The van der Waals surface area contributed by atoms with Gasteiger partial charge in [-0.2, -0.15) is 0 Å². The Hall–Kier alpha value is -1.08. The van der Waals surface area contributed by atoms with E-state index < -0.39 is 0 Å². The molecule has 0 aliphatic heterocycles. The molecule has 0 aromatic carbocycles. The van der Waals surface area contributed by atoms with E-state index in [2.05, 4.69) is 10.3 Å². The monoisotopic (exact) mass is 337 g/mol. The number of carbonyl (C=O) groups excluding carboxylic acids is 1. The Kier molecular flexibility index (Phi) is 8.48. The molecule has 8 heteroatoms. The molecule has 5 nitrogen and oxygen atoms in total. The van der Waals surface area contributed by atoms with Crippen molar-refractivity contribution >= 4 is 42.1 Å². The van der Waals surface area contributed by atoms with E-state index >= 15 is 0 Å². The van der Waals surface area contributed by atoms with Gasteiger partial charge in [0.05, 0.1) is 12.1 Å². The van der Waals surface area contributed by atoms with Crippen LogP contribution in [-0.4, -0.2) is 24.0 Å². The lowest BCUT2D eigenvalue weighted by atomic mass is 10.3. The highest BCUT2D eigenvalue weighted by Crippen LogP contribution is 2.25. The van der Waals surface area contributed by atoms with Crippen molar-refractivity contribution in [1.82, 2.24) is 10.3 Å². The molecule has 0 unspecified atom stereocenters. The van der Waals surface area contributed by atoms with E-state index in [9.17, 15) is 4.79 Å². The molecule has 2 rings (SSSR count). The summed E-state index contributed by atoms with van der Waals surface area (Å²) in [6.45, 7) is 2.82. The topological polar surface area (TPSA) is 81.2 Å². The quantitative estimate of drug-likeness (QED) is 0.875. The van der Waals surface area contributed by atoms with E-state index in [0.717, 1.165) is 22.2 Å². The third-order valence-corrected chi connectivity index (χ3v) is 3.22. The summed E-state index contributed by atoms with van der Waals surface area (Å²) in [6.07, 6.45) is 0.274. The number of thiazole rings is 1. The highest BCUT2D eigenvalue weighted by molar-refractivity contribution is 7.13. The lowest BCUT2D eigenvalue weighted by Gasteiger charge is -2.00. The molecule has 2 heterocycles. The average Bonchev–Trinajstić information content (AvgIpc) is 2.95. The first-order chi connectivity index (χ1) is 8.69. The number of rotatable bonds is 5. The second-order valence-corrected chi connectivity index (χ2v) is 4.73. The predicted molar refractivity (Wildman–Crippen MR) is 84.8 cm³/mol. The van der Waals surface area contributed by atoms with Crippen LogP contribution < -0.4 is 11.1 Å². The van der Waals surface area contributed by atoms with Crippen molar-refractivity contribution in [2.24, 2.45) is 5.73 Å². The van der Waals surface area contributed by atoms with Crippen LogP contribution in [0.15, 0.2) is 21.9 Å². The van der Waals surface area contributed by atoms with E-state index in [1.54, 1.807) is 0 Å². The summed E-state index contributed by atoms with van der Waals surface area (Å²) in [5, 5.41) is 5.38. The van der Waals surface area contributed by atoms with Gasteiger partial charge in [-0.15, -0.1) is 36.2 Å². The van der Waals surface area contributed by atoms with Crippen molar-refractivity contribution in [2.45, 2.75) is 13.3 Å². The fourth-order valence-corrected chi connectivity index (χ4v) is 2.27. The van der Waals surface area contributed by atoms with E-state index in [4.69, 9.17) is 10.2 Å². The van der Waals surface area contributed by atoms with Gasteiger partial charge >= 0.3 is 0 Å². The molecular weight excluding hydrogens is 321 g/mol. The first kappa shape index (κ1) is 18.9. The molecule has 0 bridgehead atoms. The van der Waals surface area contributed by atoms with Crippen molar-refractivity contribution in [3.05, 3.63) is 29.0 Å². The highest BCUT2D eigenvalue weighted by Gasteiger charge is 2.10. The Morgan fingerprint density at radius 1 is 1.45 bits per heavy atom. The largest absolute Gasteiger partial charge is 0.459 e. The number of nitrogens with zero attached hydrogens (tertiary/aromatic N) is 1. The summed E-state index contributed by atoms with van der Waals surface area (Å²) in [5.74, 6) is 1.53. The van der Waals surface area contributed by atoms with Crippen LogP contribution in [0.1, 0.15) is 11.5 Å². The second-order valence-electron chi connectivity index (χ2n) is 3.87. The third-order valence-electron chi connectivity index (χ3n) is 2.31. The maximum Gasteiger partial charge on any atom is 0.226 e. The molecule has 0 aliphatic rings. The van der Waals surface area contributed by atoms with Gasteiger partial charge < -0.3 is 15.5 Å². The number of nitrogens with two attached hydrogens (primary N) is 1. The molecule has 2 aromatic rings. The van der Waals surface area contributed by atoms with Gasteiger partial charge in [-0.25, -0.2) is 4.98 Å². The molecular formula is C12H17Cl2N3O2S. The van der Waals surface area contributed by atoms with Gasteiger partial charge in [0.1, 0.15) is 5.76 Å². The van der Waals surface area contributed by atoms with Gasteiger partial charge in [-0.3, -0.25) is 4.79 Å². The molecule has 2 aromatic heterocycles. The van der Waals surface area contributed by atoms with Crippen molar-refractivity contribution < 1.29 is 9.21 Å². The predicted octanol–water partition coefficient (Wildman–Crippen LogP) is 2.17. The van der Waals surface area contributed by atoms with Crippen molar-refractivity contribution in [2.75, 3.05) is 13.1 Å². The Bertz CT molecular complexity index is 542. The number of furan rings is 1. The average molecular weight is 338 g/mol. The van der Waals surface area contributed by atoms with Gasteiger partial charge in [0.2, 0.25) is 5.91 Å². The van der Waals surface area contributed by atoms with Crippen molar-refractivity contribution in [3.8, 4) is 10.8 Å². The summed E-state index contributed by atoms with van der Waals surface area (Å²) in [5.41, 5.74) is 6.06. The summed E-state index contributed by atoms with van der Waals surface area (Å²) >= 11 is 1.47. The van der Waals surface area contributed by atoms with E-state index in [-0.39, 0.29) is 37.1 Å². The van der Waals surface area contributed by atoms with Crippen LogP contribution in [-0.2, 0) is 11.2 Å². The third kappa shape index (κ3) is 5.13. The zero-order chi connectivity index (χ0) is 13.0. The molecule has 112 valence electrons. The zero-order valence-corrected chi connectivity index (χ0v) is 13.4. The van der Waals surface area contributed by atoms with E-state index in [1.807, 2.05) is 24.4 Å². The molecule has 20 heavy (non-hydrogen) atoms. The summed E-state index contributed by atoms with van der Waals surface area (Å²) in [4.78, 5) is 15.9.